The van der Waals surface area contributed by atoms with Crippen LogP contribution in [0.4, 0.5) is 5.69 Å². The van der Waals surface area contributed by atoms with Crippen molar-refractivity contribution in [3.8, 4) is 0 Å². The topological polar surface area (TPSA) is 78.8 Å². The number of hydrogen-bond donors (Lipinski definition) is 2. The number of ketones is 1. The Labute approximate surface area is 99.2 Å². The number of rotatable bonds is 5. The number of hydrazone groups is 1. The summed E-state index contributed by atoms with van der Waals surface area (Å²) in [6.45, 7) is 3.30. The summed E-state index contributed by atoms with van der Waals surface area (Å²) in [5.41, 5.74) is 4.02. The van der Waals surface area contributed by atoms with Gasteiger partial charge in [0.15, 0.2) is 5.78 Å². The number of aromatic carboxylic acids is 1. The molecule has 0 heterocycles. The zero-order valence-corrected chi connectivity index (χ0v) is 9.73. The van der Waals surface area contributed by atoms with E-state index in [1.165, 1.54) is 19.1 Å². The zero-order valence-electron chi connectivity index (χ0n) is 9.73. The Morgan fingerprint density at radius 1 is 1.29 bits per heavy atom. The molecule has 1 aromatic rings. The number of benzene rings is 1. The molecule has 17 heavy (non-hydrogen) atoms. The van der Waals surface area contributed by atoms with Crippen molar-refractivity contribution in [3.63, 3.8) is 0 Å². The van der Waals surface area contributed by atoms with Crippen LogP contribution >= 0.6 is 0 Å². The monoisotopic (exact) mass is 234 g/mol. The van der Waals surface area contributed by atoms with Crippen LogP contribution in [0.15, 0.2) is 29.4 Å². The molecule has 0 radical (unpaired) electrons. The summed E-state index contributed by atoms with van der Waals surface area (Å²) in [4.78, 5) is 21.7. The van der Waals surface area contributed by atoms with Gasteiger partial charge in [0.25, 0.3) is 0 Å². The number of carbonyl (C=O) groups is 2. The van der Waals surface area contributed by atoms with Crippen molar-refractivity contribution in [1.29, 1.82) is 0 Å². The summed E-state index contributed by atoms with van der Waals surface area (Å²) in [5, 5.41) is 12.7. The lowest BCUT2D eigenvalue weighted by molar-refractivity contribution is -0.111. The average molecular weight is 234 g/mol. The smallest absolute Gasteiger partial charge is 0.335 e. The molecule has 1 rings (SSSR count). The molecule has 0 saturated carbocycles. The van der Waals surface area contributed by atoms with Gasteiger partial charge in [0.1, 0.15) is 5.71 Å². The highest BCUT2D eigenvalue weighted by molar-refractivity contribution is 6.38. The van der Waals surface area contributed by atoms with Crippen molar-refractivity contribution >= 4 is 23.2 Å². The van der Waals surface area contributed by atoms with Crippen LogP contribution in [-0.2, 0) is 4.79 Å². The number of nitrogens with one attached hydrogen (secondary N) is 1. The van der Waals surface area contributed by atoms with Gasteiger partial charge in [-0.05, 0) is 30.7 Å². The van der Waals surface area contributed by atoms with Crippen LogP contribution < -0.4 is 5.43 Å². The molecule has 0 aliphatic heterocycles. The number of nitrogens with zero attached hydrogens (tertiary/aromatic N) is 1. The van der Waals surface area contributed by atoms with Gasteiger partial charge in [0.2, 0.25) is 0 Å². The van der Waals surface area contributed by atoms with Crippen molar-refractivity contribution in [2.45, 2.75) is 20.3 Å². The fraction of sp³-hybridized carbons (Fsp3) is 0.250. The van der Waals surface area contributed by atoms with Gasteiger partial charge in [-0.2, -0.15) is 5.10 Å². The van der Waals surface area contributed by atoms with Crippen molar-refractivity contribution in [1.82, 2.24) is 0 Å². The van der Waals surface area contributed by atoms with E-state index in [9.17, 15) is 9.59 Å². The molecule has 90 valence electrons. The van der Waals surface area contributed by atoms with Crippen LogP contribution in [0.3, 0.4) is 0 Å². The summed E-state index contributed by atoms with van der Waals surface area (Å²) < 4.78 is 0. The molecule has 0 unspecified atom stereocenters. The van der Waals surface area contributed by atoms with Crippen molar-refractivity contribution in [2.75, 3.05) is 5.43 Å². The minimum Gasteiger partial charge on any atom is -0.478 e. The molecule has 1 aromatic carbocycles. The van der Waals surface area contributed by atoms with E-state index in [2.05, 4.69) is 10.5 Å². The van der Waals surface area contributed by atoms with E-state index in [0.717, 1.165) is 0 Å². The van der Waals surface area contributed by atoms with Crippen molar-refractivity contribution in [3.05, 3.63) is 29.8 Å². The van der Waals surface area contributed by atoms with E-state index in [4.69, 9.17) is 5.11 Å². The fourth-order valence-electron chi connectivity index (χ4n) is 1.23. The number of hydrogen-bond acceptors (Lipinski definition) is 4. The number of carboxylic acids is 1. The van der Waals surface area contributed by atoms with E-state index in [-0.39, 0.29) is 11.3 Å². The maximum Gasteiger partial charge on any atom is 0.335 e. The third kappa shape index (κ3) is 3.71. The summed E-state index contributed by atoms with van der Waals surface area (Å²) in [6, 6.07) is 6.14. The molecule has 5 nitrogen and oxygen atoms in total. The van der Waals surface area contributed by atoms with Crippen LogP contribution in [0, 0.1) is 0 Å². The lowest BCUT2D eigenvalue weighted by atomic mass is 10.2. The second kappa shape index (κ2) is 5.79. The molecule has 0 aliphatic rings. The number of anilines is 1. The third-order valence-corrected chi connectivity index (χ3v) is 2.19. The first-order valence-corrected chi connectivity index (χ1v) is 5.21. The van der Waals surface area contributed by atoms with Gasteiger partial charge in [-0.3, -0.25) is 10.2 Å². The van der Waals surface area contributed by atoms with Crippen LogP contribution in [0.2, 0.25) is 0 Å². The number of Topliss-reactive ketones (excluding diaryl/α,β-unsaturated/α-hetero) is 1. The van der Waals surface area contributed by atoms with Gasteiger partial charge in [-0.25, -0.2) is 4.79 Å². The molecule has 0 aromatic heterocycles. The highest BCUT2D eigenvalue weighted by Crippen LogP contribution is 2.09. The molecule has 5 heteroatoms. The summed E-state index contributed by atoms with van der Waals surface area (Å²) in [6.07, 6.45) is 0.551. The van der Waals surface area contributed by atoms with E-state index in [1.54, 1.807) is 12.1 Å². The molecular formula is C12H14N2O3. The van der Waals surface area contributed by atoms with Crippen molar-refractivity contribution < 1.29 is 14.7 Å². The van der Waals surface area contributed by atoms with Gasteiger partial charge in [0.05, 0.1) is 11.3 Å². The number of carbonyl (C=O) groups excluding carboxylic acids is 1. The first-order valence-electron chi connectivity index (χ1n) is 5.21. The van der Waals surface area contributed by atoms with E-state index in [1.807, 2.05) is 6.92 Å². The molecule has 0 atom stereocenters. The van der Waals surface area contributed by atoms with Gasteiger partial charge < -0.3 is 5.11 Å². The first-order chi connectivity index (χ1) is 8.04. The molecule has 2 N–H and O–H groups in total. The Morgan fingerprint density at radius 2 is 1.88 bits per heavy atom. The fourth-order valence-corrected chi connectivity index (χ4v) is 1.23. The predicted octanol–water partition coefficient (Wildman–Crippen LogP) is 2.15. The molecule has 0 spiro atoms. The predicted molar refractivity (Wildman–Crippen MR) is 65.4 cm³/mol. The highest BCUT2D eigenvalue weighted by Gasteiger charge is 2.03. The molecule has 0 fully saturated rings. The molecular weight excluding hydrogens is 220 g/mol. The quantitative estimate of drug-likeness (QED) is 0.604. The van der Waals surface area contributed by atoms with Crippen LogP contribution in [0.25, 0.3) is 0 Å². The average Bonchev–Trinajstić information content (AvgIpc) is 2.30. The molecule has 0 saturated heterocycles. The van der Waals surface area contributed by atoms with Crippen LogP contribution in [0.1, 0.15) is 30.6 Å². The Hall–Kier alpha value is -2.17. The normalized spacial score (nSPS) is 11.1. The maximum atomic E-state index is 11.1. The minimum absolute atomic E-state index is 0.0813. The highest BCUT2D eigenvalue weighted by atomic mass is 16.4. The van der Waals surface area contributed by atoms with Gasteiger partial charge in [0, 0.05) is 6.92 Å². The summed E-state index contributed by atoms with van der Waals surface area (Å²) >= 11 is 0. The summed E-state index contributed by atoms with van der Waals surface area (Å²) in [7, 11) is 0. The Morgan fingerprint density at radius 3 is 2.29 bits per heavy atom. The first kappa shape index (κ1) is 12.9. The third-order valence-electron chi connectivity index (χ3n) is 2.19. The Kier molecular flexibility index (Phi) is 4.39. The summed E-state index contributed by atoms with van der Waals surface area (Å²) in [5.74, 6) is -1.06. The molecule has 0 bridgehead atoms. The van der Waals surface area contributed by atoms with Crippen LogP contribution in [-0.4, -0.2) is 22.6 Å². The Balaban J connectivity index is 2.76. The van der Waals surface area contributed by atoms with Crippen LogP contribution in [0.5, 0.6) is 0 Å². The van der Waals surface area contributed by atoms with Gasteiger partial charge in [-0.1, -0.05) is 6.92 Å². The second-order valence-electron chi connectivity index (χ2n) is 3.46. The SMILES string of the molecule is CCC(=NNc1ccc(C(=O)O)cc1)C(C)=O. The second-order valence-corrected chi connectivity index (χ2v) is 3.46. The largest absolute Gasteiger partial charge is 0.478 e. The zero-order chi connectivity index (χ0) is 12.8. The standard InChI is InChI=1S/C12H14N2O3/c1-3-11(8(2)15)14-13-10-6-4-9(5-7-10)12(16)17/h4-7,13H,3H2,1-2H3,(H,16,17). The minimum atomic E-state index is -0.974. The lowest BCUT2D eigenvalue weighted by Crippen LogP contribution is -2.10. The van der Waals surface area contributed by atoms with E-state index >= 15 is 0 Å². The van der Waals surface area contributed by atoms with Crippen molar-refractivity contribution in [2.24, 2.45) is 5.10 Å². The lowest BCUT2D eigenvalue weighted by Gasteiger charge is -2.03. The Bertz CT molecular complexity index is 449. The van der Waals surface area contributed by atoms with Gasteiger partial charge >= 0.3 is 5.97 Å². The molecule has 0 amide bonds. The maximum absolute atomic E-state index is 11.1. The van der Waals surface area contributed by atoms with Gasteiger partial charge in [-0.15, -0.1) is 0 Å². The number of carboxylic acid groups (broad SMARTS) is 1. The van der Waals surface area contributed by atoms with E-state index < -0.39 is 5.97 Å². The molecule has 0 aliphatic carbocycles. The van der Waals surface area contributed by atoms with E-state index in [0.29, 0.717) is 17.8 Å².